The molecule has 0 N–H and O–H groups in total. The lowest BCUT2D eigenvalue weighted by Gasteiger charge is -2.43. The largest absolute Gasteiger partial charge is 0.299 e. The Hall–Kier alpha value is -0.370. The Kier molecular flexibility index (Phi) is 7.13. The first-order chi connectivity index (χ1) is 8.17. The Morgan fingerprint density at radius 2 is 1.56 bits per heavy atom. The Labute approximate surface area is 114 Å². The van der Waals surface area contributed by atoms with E-state index in [0.717, 1.165) is 19.5 Å². The number of nitrogens with zero attached hydrogens (tertiary/aromatic N) is 1. The zero-order valence-electron chi connectivity index (χ0n) is 13.6. The molecule has 2 heteroatoms. The summed E-state index contributed by atoms with van der Waals surface area (Å²) in [6, 6.07) is 0. The first-order valence-corrected chi connectivity index (χ1v) is 7.43. The van der Waals surface area contributed by atoms with Crippen molar-refractivity contribution in [3.63, 3.8) is 0 Å². The topological polar surface area (TPSA) is 20.3 Å². The highest BCUT2D eigenvalue weighted by atomic mass is 16.1. The SMILES string of the molecule is CCCCN(CCC)C(C)(C)CC(C)(C)C(C)=O. The van der Waals surface area contributed by atoms with Gasteiger partial charge in [-0.3, -0.25) is 9.69 Å². The lowest BCUT2D eigenvalue weighted by atomic mass is 9.76. The molecule has 0 fully saturated rings. The van der Waals surface area contributed by atoms with Crippen LogP contribution in [0.3, 0.4) is 0 Å². The minimum Gasteiger partial charge on any atom is -0.299 e. The van der Waals surface area contributed by atoms with Gasteiger partial charge in [0.25, 0.3) is 0 Å². The predicted octanol–water partition coefficient (Wildman–Crippen LogP) is 4.28. The van der Waals surface area contributed by atoms with E-state index in [0.29, 0.717) is 5.78 Å². The lowest BCUT2D eigenvalue weighted by molar-refractivity contribution is -0.126. The van der Waals surface area contributed by atoms with Crippen molar-refractivity contribution in [1.29, 1.82) is 0 Å². The average Bonchev–Trinajstić information content (AvgIpc) is 2.22. The molecular formula is C16H33NO. The van der Waals surface area contributed by atoms with E-state index in [4.69, 9.17) is 0 Å². The van der Waals surface area contributed by atoms with E-state index >= 15 is 0 Å². The Morgan fingerprint density at radius 1 is 1.00 bits per heavy atom. The number of carbonyl (C=O) groups is 1. The molecule has 2 nitrogen and oxygen atoms in total. The minimum absolute atomic E-state index is 0.0976. The highest BCUT2D eigenvalue weighted by Crippen LogP contribution is 2.32. The van der Waals surface area contributed by atoms with Crippen molar-refractivity contribution in [2.45, 2.75) is 79.7 Å². The Bertz CT molecular complexity index is 256. The number of carbonyl (C=O) groups excluding carboxylic acids is 1. The first kappa shape index (κ1) is 17.6. The molecule has 0 bridgehead atoms. The molecule has 0 radical (unpaired) electrons. The molecule has 0 rings (SSSR count). The molecule has 0 atom stereocenters. The van der Waals surface area contributed by atoms with Crippen LogP contribution in [0.5, 0.6) is 0 Å². The smallest absolute Gasteiger partial charge is 0.135 e. The van der Waals surface area contributed by atoms with Gasteiger partial charge in [0, 0.05) is 11.0 Å². The van der Waals surface area contributed by atoms with Crippen molar-refractivity contribution in [2.24, 2.45) is 5.41 Å². The zero-order chi connectivity index (χ0) is 14.4. The van der Waals surface area contributed by atoms with Crippen LogP contribution < -0.4 is 0 Å². The molecule has 0 unspecified atom stereocenters. The number of ketones is 1. The summed E-state index contributed by atoms with van der Waals surface area (Å²) in [6.07, 6.45) is 4.57. The van der Waals surface area contributed by atoms with E-state index in [-0.39, 0.29) is 11.0 Å². The van der Waals surface area contributed by atoms with E-state index in [2.05, 4.69) is 46.4 Å². The number of rotatable bonds is 9. The summed E-state index contributed by atoms with van der Waals surface area (Å²) in [5, 5.41) is 0. The third kappa shape index (κ3) is 5.51. The van der Waals surface area contributed by atoms with E-state index in [9.17, 15) is 4.79 Å². The first-order valence-electron chi connectivity index (χ1n) is 7.43. The summed E-state index contributed by atoms with van der Waals surface area (Å²) < 4.78 is 0. The zero-order valence-corrected chi connectivity index (χ0v) is 13.6. The van der Waals surface area contributed by atoms with Crippen LogP contribution in [0.2, 0.25) is 0 Å². The van der Waals surface area contributed by atoms with E-state index in [1.807, 2.05) is 0 Å². The molecule has 108 valence electrons. The highest BCUT2D eigenvalue weighted by molar-refractivity contribution is 5.81. The van der Waals surface area contributed by atoms with E-state index < -0.39 is 0 Å². The van der Waals surface area contributed by atoms with Crippen molar-refractivity contribution in [2.75, 3.05) is 13.1 Å². The number of hydrogen-bond acceptors (Lipinski definition) is 2. The fourth-order valence-electron chi connectivity index (χ4n) is 2.65. The molecule has 0 amide bonds. The summed E-state index contributed by atoms with van der Waals surface area (Å²) >= 11 is 0. The number of Topliss-reactive ketones (excluding diaryl/α,β-unsaturated/α-hetero) is 1. The third-order valence-electron chi connectivity index (χ3n) is 3.96. The second kappa shape index (κ2) is 7.28. The molecule has 0 aromatic carbocycles. The molecule has 0 spiro atoms. The Balaban J connectivity index is 4.76. The molecule has 0 saturated heterocycles. The standard InChI is InChI=1S/C16H33NO/c1-8-10-12-17(11-9-2)16(6,7)13-15(4,5)14(3)18/h8-13H2,1-7H3. The maximum Gasteiger partial charge on any atom is 0.135 e. The van der Waals surface area contributed by atoms with Gasteiger partial charge in [-0.05, 0) is 53.1 Å². The monoisotopic (exact) mass is 255 g/mol. The van der Waals surface area contributed by atoms with Crippen molar-refractivity contribution in [1.82, 2.24) is 4.90 Å². The van der Waals surface area contributed by atoms with Crippen molar-refractivity contribution in [3.8, 4) is 0 Å². The fraction of sp³-hybridized carbons (Fsp3) is 0.938. The van der Waals surface area contributed by atoms with Gasteiger partial charge in [-0.1, -0.05) is 34.1 Å². The summed E-state index contributed by atoms with van der Waals surface area (Å²) in [4.78, 5) is 14.3. The Morgan fingerprint density at radius 3 is 1.94 bits per heavy atom. The van der Waals surface area contributed by atoms with Crippen molar-refractivity contribution in [3.05, 3.63) is 0 Å². The van der Waals surface area contributed by atoms with Gasteiger partial charge < -0.3 is 0 Å². The second-order valence-corrected chi connectivity index (χ2v) is 6.77. The van der Waals surface area contributed by atoms with Crippen LogP contribution in [0.1, 0.15) is 74.1 Å². The fourth-order valence-corrected chi connectivity index (χ4v) is 2.65. The average molecular weight is 255 g/mol. The van der Waals surface area contributed by atoms with Crippen LogP contribution in [0.4, 0.5) is 0 Å². The van der Waals surface area contributed by atoms with Crippen LogP contribution in [-0.4, -0.2) is 29.3 Å². The van der Waals surface area contributed by atoms with Crippen LogP contribution in [-0.2, 0) is 4.79 Å². The van der Waals surface area contributed by atoms with Crippen molar-refractivity contribution >= 4 is 5.78 Å². The molecular weight excluding hydrogens is 222 g/mol. The summed E-state index contributed by atoms with van der Waals surface area (Å²) in [5.74, 6) is 0.294. The minimum atomic E-state index is -0.221. The van der Waals surface area contributed by atoms with Crippen LogP contribution in [0, 0.1) is 5.41 Å². The second-order valence-electron chi connectivity index (χ2n) is 6.77. The van der Waals surface area contributed by atoms with Gasteiger partial charge >= 0.3 is 0 Å². The van der Waals surface area contributed by atoms with Crippen LogP contribution >= 0.6 is 0 Å². The van der Waals surface area contributed by atoms with Gasteiger partial charge in [0.05, 0.1) is 0 Å². The molecule has 0 aliphatic carbocycles. The van der Waals surface area contributed by atoms with Gasteiger partial charge in [-0.15, -0.1) is 0 Å². The summed E-state index contributed by atoms with van der Waals surface area (Å²) in [6.45, 7) is 17.1. The predicted molar refractivity (Wildman–Crippen MR) is 79.9 cm³/mol. The highest BCUT2D eigenvalue weighted by Gasteiger charge is 2.35. The molecule has 0 aromatic rings. The van der Waals surface area contributed by atoms with Crippen LogP contribution in [0.25, 0.3) is 0 Å². The number of hydrogen-bond donors (Lipinski definition) is 0. The van der Waals surface area contributed by atoms with Crippen molar-refractivity contribution < 1.29 is 4.79 Å². The molecule has 18 heavy (non-hydrogen) atoms. The lowest BCUT2D eigenvalue weighted by Crippen LogP contribution is -2.48. The maximum atomic E-state index is 11.7. The van der Waals surface area contributed by atoms with Gasteiger partial charge in [-0.2, -0.15) is 0 Å². The van der Waals surface area contributed by atoms with E-state index in [1.54, 1.807) is 6.92 Å². The molecule has 0 aliphatic heterocycles. The number of unbranched alkanes of at least 4 members (excludes halogenated alkanes) is 1. The van der Waals surface area contributed by atoms with Crippen LogP contribution in [0.15, 0.2) is 0 Å². The van der Waals surface area contributed by atoms with Gasteiger partial charge in [-0.25, -0.2) is 0 Å². The quantitative estimate of drug-likeness (QED) is 0.613. The third-order valence-corrected chi connectivity index (χ3v) is 3.96. The summed E-state index contributed by atoms with van der Waals surface area (Å²) in [7, 11) is 0. The van der Waals surface area contributed by atoms with Gasteiger partial charge in [0.1, 0.15) is 5.78 Å². The molecule has 0 heterocycles. The summed E-state index contributed by atoms with van der Waals surface area (Å²) in [5.41, 5.74) is -0.123. The molecule has 0 aliphatic rings. The van der Waals surface area contributed by atoms with Gasteiger partial charge in [0.2, 0.25) is 0 Å². The van der Waals surface area contributed by atoms with Gasteiger partial charge in [0.15, 0.2) is 0 Å². The normalized spacial score (nSPS) is 13.1. The maximum absolute atomic E-state index is 11.7. The molecule has 0 aromatic heterocycles. The van der Waals surface area contributed by atoms with E-state index in [1.165, 1.54) is 19.3 Å². The molecule has 0 saturated carbocycles.